The third-order valence-electron chi connectivity index (χ3n) is 2.73. The third-order valence-corrected chi connectivity index (χ3v) is 3.52. The van der Waals surface area contributed by atoms with Crippen molar-refractivity contribution in [1.29, 1.82) is 0 Å². The number of anilines is 1. The van der Waals surface area contributed by atoms with E-state index in [4.69, 9.17) is 11.6 Å². The van der Waals surface area contributed by atoms with Crippen molar-refractivity contribution in [3.8, 4) is 0 Å². The summed E-state index contributed by atoms with van der Waals surface area (Å²) in [6.07, 6.45) is 2.66. The Labute approximate surface area is 121 Å². The monoisotopic (exact) mass is 324 g/mol. The molecule has 0 aliphatic heterocycles. The van der Waals surface area contributed by atoms with Gasteiger partial charge < -0.3 is 4.90 Å². The van der Waals surface area contributed by atoms with Crippen molar-refractivity contribution >= 4 is 33.3 Å². The molecule has 0 fully saturated rings. The van der Waals surface area contributed by atoms with E-state index >= 15 is 0 Å². The fourth-order valence-electron chi connectivity index (χ4n) is 1.74. The number of hydrogen-bond donors (Lipinski definition) is 0. The highest BCUT2D eigenvalue weighted by Gasteiger charge is 2.07. The second-order valence-corrected chi connectivity index (χ2v) is 5.41. The first kappa shape index (κ1) is 13.4. The molecule has 0 radical (unpaired) electrons. The fourth-order valence-corrected chi connectivity index (χ4v) is 2.68. The van der Waals surface area contributed by atoms with Crippen molar-refractivity contribution in [1.82, 2.24) is 4.98 Å². The lowest BCUT2D eigenvalue weighted by atomic mass is 10.1. The first-order chi connectivity index (χ1) is 8.66. The second kappa shape index (κ2) is 6.21. The molecule has 0 unspecified atom stereocenters. The predicted molar refractivity (Wildman–Crippen MR) is 80.4 cm³/mol. The van der Waals surface area contributed by atoms with E-state index < -0.39 is 0 Å². The maximum atomic E-state index is 5.88. The van der Waals surface area contributed by atoms with Gasteiger partial charge in [-0.25, -0.2) is 4.98 Å². The van der Waals surface area contributed by atoms with E-state index in [9.17, 15) is 0 Å². The van der Waals surface area contributed by atoms with Crippen molar-refractivity contribution in [2.24, 2.45) is 0 Å². The normalized spacial score (nSPS) is 10.4. The molecule has 1 aromatic carbocycles. The van der Waals surface area contributed by atoms with Crippen molar-refractivity contribution in [2.45, 2.75) is 6.42 Å². The maximum absolute atomic E-state index is 5.88. The third kappa shape index (κ3) is 3.47. The Hall–Kier alpha value is -1.06. The molecular weight excluding hydrogens is 312 g/mol. The van der Waals surface area contributed by atoms with Crippen LogP contribution in [0.15, 0.2) is 47.1 Å². The molecule has 0 N–H and O–H groups in total. The van der Waals surface area contributed by atoms with Gasteiger partial charge in [-0.3, -0.25) is 0 Å². The van der Waals surface area contributed by atoms with Crippen molar-refractivity contribution < 1.29 is 0 Å². The zero-order valence-electron chi connectivity index (χ0n) is 10.1. The van der Waals surface area contributed by atoms with Gasteiger partial charge in [-0.1, -0.05) is 41.9 Å². The average molecular weight is 326 g/mol. The number of benzene rings is 1. The Balaban J connectivity index is 2.01. The van der Waals surface area contributed by atoms with Gasteiger partial charge in [-0.2, -0.15) is 0 Å². The molecular formula is C14H14BrClN2. The fraction of sp³-hybridized carbons (Fsp3) is 0.214. The van der Waals surface area contributed by atoms with Crippen molar-refractivity contribution in [3.63, 3.8) is 0 Å². The zero-order valence-corrected chi connectivity index (χ0v) is 12.4. The highest BCUT2D eigenvalue weighted by atomic mass is 79.9. The molecule has 4 heteroatoms. The van der Waals surface area contributed by atoms with E-state index in [1.165, 1.54) is 5.56 Å². The van der Waals surface area contributed by atoms with E-state index in [1.54, 1.807) is 6.20 Å². The van der Waals surface area contributed by atoms with E-state index in [0.29, 0.717) is 5.02 Å². The minimum Gasteiger partial charge on any atom is -0.358 e. The van der Waals surface area contributed by atoms with Crippen LogP contribution in [0, 0.1) is 0 Å². The molecule has 0 aliphatic carbocycles. The molecule has 0 aliphatic rings. The Morgan fingerprint density at radius 3 is 2.67 bits per heavy atom. The van der Waals surface area contributed by atoms with Crippen LogP contribution in [0.3, 0.4) is 0 Å². The molecule has 2 aromatic rings. The summed E-state index contributed by atoms with van der Waals surface area (Å²) in [5.74, 6) is 0.912. The van der Waals surface area contributed by atoms with Gasteiger partial charge in [0, 0.05) is 19.8 Å². The molecule has 0 saturated carbocycles. The number of likely N-dealkylation sites (N-methyl/N-ethyl adjacent to an activating group) is 1. The lowest BCUT2D eigenvalue weighted by molar-refractivity contribution is 0.857. The Morgan fingerprint density at radius 1 is 1.28 bits per heavy atom. The maximum Gasteiger partial charge on any atom is 0.142 e. The van der Waals surface area contributed by atoms with Gasteiger partial charge in [-0.15, -0.1) is 0 Å². The summed E-state index contributed by atoms with van der Waals surface area (Å²) >= 11 is 9.37. The number of hydrogen-bond acceptors (Lipinski definition) is 2. The molecule has 2 nitrogen and oxygen atoms in total. The molecule has 1 heterocycles. The summed E-state index contributed by atoms with van der Waals surface area (Å²) in [6, 6.07) is 12.3. The number of aromatic nitrogens is 1. The van der Waals surface area contributed by atoms with Crippen LogP contribution in [0.2, 0.25) is 5.02 Å². The molecule has 0 amide bonds. The van der Waals surface area contributed by atoms with E-state index in [0.717, 1.165) is 23.3 Å². The van der Waals surface area contributed by atoms with Crippen molar-refractivity contribution in [2.75, 3.05) is 18.5 Å². The number of halogens is 2. The minimum atomic E-state index is 0.641. The van der Waals surface area contributed by atoms with Crippen LogP contribution in [0.5, 0.6) is 0 Å². The molecule has 0 atom stereocenters. The van der Waals surface area contributed by atoms with Gasteiger partial charge in [0.1, 0.15) is 5.82 Å². The highest BCUT2D eigenvalue weighted by molar-refractivity contribution is 9.10. The van der Waals surface area contributed by atoms with Crippen LogP contribution in [-0.2, 0) is 6.42 Å². The van der Waals surface area contributed by atoms with Gasteiger partial charge in [0.05, 0.1) is 9.50 Å². The van der Waals surface area contributed by atoms with Crippen LogP contribution in [0.25, 0.3) is 0 Å². The molecule has 0 bridgehead atoms. The number of pyridine rings is 1. The summed E-state index contributed by atoms with van der Waals surface area (Å²) in [5.41, 5.74) is 1.33. The van der Waals surface area contributed by atoms with Crippen LogP contribution in [-0.4, -0.2) is 18.6 Å². The molecule has 0 saturated heterocycles. The van der Waals surface area contributed by atoms with Crippen LogP contribution in [0.1, 0.15) is 5.56 Å². The van der Waals surface area contributed by atoms with Gasteiger partial charge in [-0.05, 0) is 34.0 Å². The first-order valence-electron chi connectivity index (χ1n) is 5.73. The standard InChI is InChI=1S/C14H14BrClN2/c1-18(8-7-11-5-3-2-4-6-11)14-13(15)9-12(16)10-17-14/h2-6,9-10H,7-8H2,1H3. The van der Waals surface area contributed by atoms with Gasteiger partial charge in [0.25, 0.3) is 0 Å². The SMILES string of the molecule is CN(CCc1ccccc1)c1ncc(Cl)cc1Br. The first-order valence-corrected chi connectivity index (χ1v) is 6.90. The van der Waals surface area contributed by atoms with E-state index in [-0.39, 0.29) is 0 Å². The molecule has 0 spiro atoms. The van der Waals surface area contributed by atoms with Crippen LogP contribution in [0.4, 0.5) is 5.82 Å². The minimum absolute atomic E-state index is 0.641. The summed E-state index contributed by atoms with van der Waals surface area (Å²) in [5, 5.41) is 0.641. The topological polar surface area (TPSA) is 16.1 Å². The van der Waals surface area contributed by atoms with Gasteiger partial charge in [0.15, 0.2) is 0 Å². The van der Waals surface area contributed by atoms with Gasteiger partial charge in [0.2, 0.25) is 0 Å². The Bertz CT molecular complexity index is 516. The molecule has 2 rings (SSSR count). The molecule has 94 valence electrons. The zero-order chi connectivity index (χ0) is 13.0. The van der Waals surface area contributed by atoms with Gasteiger partial charge >= 0.3 is 0 Å². The summed E-state index contributed by atoms with van der Waals surface area (Å²) in [6.45, 7) is 0.914. The van der Waals surface area contributed by atoms with E-state index in [2.05, 4.69) is 50.1 Å². The molecule has 1 aromatic heterocycles. The second-order valence-electron chi connectivity index (χ2n) is 4.12. The Kier molecular flexibility index (Phi) is 4.61. The predicted octanol–water partition coefficient (Wildman–Crippen LogP) is 4.18. The quantitative estimate of drug-likeness (QED) is 0.838. The van der Waals surface area contributed by atoms with Crippen LogP contribution >= 0.6 is 27.5 Å². The van der Waals surface area contributed by atoms with Crippen molar-refractivity contribution in [3.05, 3.63) is 57.7 Å². The summed E-state index contributed by atoms with van der Waals surface area (Å²) in [4.78, 5) is 6.46. The number of rotatable bonds is 4. The highest BCUT2D eigenvalue weighted by Crippen LogP contribution is 2.25. The number of nitrogens with zero attached hydrogens (tertiary/aromatic N) is 2. The lowest BCUT2D eigenvalue weighted by Crippen LogP contribution is -2.21. The summed E-state index contributed by atoms with van der Waals surface area (Å²) in [7, 11) is 2.03. The van der Waals surface area contributed by atoms with Crippen LogP contribution < -0.4 is 4.90 Å². The van der Waals surface area contributed by atoms with E-state index in [1.807, 2.05) is 19.2 Å². The molecule has 18 heavy (non-hydrogen) atoms. The smallest absolute Gasteiger partial charge is 0.142 e. The summed E-state index contributed by atoms with van der Waals surface area (Å²) < 4.78 is 0.922. The Morgan fingerprint density at radius 2 is 2.00 bits per heavy atom. The largest absolute Gasteiger partial charge is 0.358 e. The average Bonchev–Trinajstić information content (AvgIpc) is 2.37. The lowest BCUT2D eigenvalue weighted by Gasteiger charge is -2.19.